The maximum absolute atomic E-state index is 12.9. The SMILES string of the molecule is CSCCC(N)C(=O)NC(CCC(=O)O)C(=O)NC(CCC(=O)O)C(=O)NC(CCSC)C(=O)O. The average molecular weight is 539 g/mol. The molecule has 0 aromatic carbocycles. The Bertz CT molecular complexity index is 754. The highest BCUT2D eigenvalue weighted by Gasteiger charge is 2.30. The molecule has 15 heteroatoms. The van der Waals surface area contributed by atoms with Crippen molar-refractivity contribution in [2.45, 2.75) is 62.7 Å². The summed E-state index contributed by atoms with van der Waals surface area (Å²) < 4.78 is 0. The van der Waals surface area contributed by atoms with Gasteiger partial charge in [-0.25, -0.2) is 4.79 Å². The van der Waals surface area contributed by atoms with Gasteiger partial charge in [-0.15, -0.1) is 0 Å². The number of rotatable bonds is 19. The maximum atomic E-state index is 12.9. The Hall–Kier alpha value is -2.52. The summed E-state index contributed by atoms with van der Waals surface area (Å²) >= 11 is 2.84. The van der Waals surface area contributed by atoms with Gasteiger partial charge in [-0.1, -0.05) is 0 Å². The van der Waals surface area contributed by atoms with E-state index in [0.717, 1.165) is 0 Å². The topological polar surface area (TPSA) is 225 Å². The first kappa shape index (κ1) is 32.5. The monoisotopic (exact) mass is 538 g/mol. The standard InChI is InChI=1S/C20H34N4O9S2/c1-34-9-7-11(21)17(29)22-12(3-5-15(25)26)18(30)23-13(4-6-16(27)28)19(31)24-14(20(32)33)8-10-35-2/h11-14H,3-10,21H2,1-2H3,(H,22,29)(H,23,30)(H,24,31)(H,25,26)(H,27,28)(H,32,33). The van der Waals surface area contributed by atoms with Gasteiger partial charge in [0.05, 0.1) is 6.04 Å². The zero-order valence-electron chi connectivity index (χ0n) is 19.7. The van der Waals surface area contributed by atoms with Gasteiger partial charge in [0.15, 0.2) is 0 Å². The molecule has 0 aromatic rings. The van der Waals surface area contributed by atoms with Gasteiger partial charge in [0, 0.05) is 12.8 Å². The van der Waals surface area contributed by atoms with Crippen molar-refractivity contribution in [2.75, 3.05) is 24.0 Å². The molecule has 0 saturated heterocycles. The van der Waals surface area contributed by atoms with E-state index in [4.69, 9.17) is 15.9 Å². The fraction of sp³-hybridized carbons (Fsp3) is 0.700. The summed E-state index contributed by atoms with van der Waals surface area (Å²) in [5.74, 6) is -5.25. The number of hydrogen-bond donors (Lipinski definition) is 7. The normalized spacial score (nSPS) is 14.1. The van der Waals surface area contributed by atoms with Crippen molar-refractivity contribution in [1.29, 1.82) is 0 Å². The molecule has 3 amide bonds. The molecular weight excluding hydrogens is 504 g/mol. The molecule has 0 saturated carbocycles. The van der Waals surface area contributed by atoms with Gasteiger partial charge < -0.3 is 37.0 Å². The molecule has 4 unspecified atom stereocenters. The number of hydrogen-bond acceptors (Lipinski definition) is 9. The minimum absolute atomic E-state index is 0.104. The van der Waals surface area contributed by atoms with E-state index in [-0.39, 0.29) is 19.3 Å². The van der Waals surface area contributed by atoms with E-state index < -0.39 is 72.6 Å². The molecule has 13 nitrogen and oxygen atoms in total. The summed E-state index contributed by atoms with van der Waals surface area (Å²) in [7, 11) is 0. The number of aliphatic carboxylic acids is 3. The lowest BCUT2D eigenvalue weighted by Gasteiger charge is -2.25. The van der Waals surface area contributed by atoms with E-state index in [1.54, 1.807) is 6.26 Å². The summed E-state index contributed by atoms with van der Waals surface area (Å²) in [6.45, 7) is 0. The molecule has 35 heavy (non-hydrogen) atoms. The molecule has 0 aliphatic rings. The Morgan fingerprint density at radius 2 is 1.06 bits per heavy atom. The number of carboxylic acid groups (broad SMARTS) is 3. The van der Waals surface area contributed by atoms with Crippen molar-refractivity contribution in [3.05, 3.63) is 0 Å². The van der Waals surface area contributed by atoms with Crippen LogP contribution in [0.25, 0.3) is 0 Å². The van der Waals surface area contributed by atoms with Crippen LogP contribution < -0.4 is 21.7 Å². The van der Waals surface area contributed by atoms with Gasteiger partial charge in [-0.2, -0.15) is 23.5 Å². The minimum atomic E-state index is -1.43. The molecular formula is C20H34N4O9S2. The van der Waals surface area contributed by atoms with Crippen molar-refractivity contribution in [2.24, 2.45) is 5.73 Å². The lowest BCUT2D eigenvalue weighted by Crippen LogP contribution is -2.57. The lowest BCUT2D eigenvalue weighted by molar-refractivity contribution is -0.143. The predicted octanol–water partition coefficient (Wildman–Crippen LogP) is -0.911. The van der Waals surface area contributed by atoms with Gasteiger partial charge >= 0.3 is 17.9 Å². The first-order valence-electron chi connectivity index (χ1n) is 10.7. The van der Waals surface area contributed by atoms with Crippen LogP contribution in [0.15, 0.2) is 0 Å². The van der Waals surface area contributed by atoms with Crippen LogP contribution >= 0.6 is 23.5 Å². The molecule has 0 aromatic heterocycles. The number of thioether (sulfide) groups is 2. The Labute approximate surface area is 211 Å². The third-order valence-electron chi connectivity index (χ3n) is 4.75. The van der Waals surface area contributed by atoms with Gasteiger partial charge in [-0.3, -0.25) is 24.0 Å². The number of carbonyl (C=O) groups is 6. The van der Waals surface area contributed by atoms with E-state index in [2.05, 4.69) is 16.0 Å². The van der Waals surface area contributed by atoms with E-state index in [1.165, 1.54) is 23.5 Å². The number of nitrogens with two attached hydrogens (primary N) is 1. The number of amides is 3. The second kappa shape index (κ2) is 17.8. The fourth-order valence-electron chi connectivity index (χ4n) is 2.77. The van der Waals surface area contributed by atoms with Gasteiger partial charge in [0.25, 0.3) is 0 Å². The molecule has 0 aliphatic carbocycles. The Balaban J connectivity index is 5.56. The summed E-state index contributed by atoms with van der Waals surface area (Å²) in [5.41, 5.74) is 5.80. The Kier molecular flexibility index (Phi) is 16.6. The lowest BCUT2D eigenvalue weighted by atomic mass is 10.1. The van der Waals surface area contributed by atoms with Crippen LogP contribution in [-0.2, 0) is 28.8 Å². The quantitative estimate of drug-likeness (QED) is 0.106. The highest BCUT2D eigenvalue weighted by atomic mass is 32.2. The summed E-state index contributed by atoms with van der Waals surface area (Å²) in [5, 5.41) is 34.3. The molecule has 0 aliphatic heterocycles. The van der Waals surface area contributed by atoms with Crippen molar-refractivity contribution >= 4 is 59.2 Å². The summed E-state index contributed by atoms with van der Waals surface area (Å²) in [6, 6.07) is -4.98. The third-order valence-corrected chi connectivity index (χ3v) is 6.04. The Morgan fingerprint density at radius 3 is 1.46 bits per heavy atom. The zero-order valence-corrected chi connectivity index (χ0v) is 21.3. The largest absolute Gasteiger partial charge is 0.481 e. The van der Waals surface area contributed by atoms with Crippen LogP contribution in [-0.4, -0.2) is 99.1 Å². The van der Waals surface area contributed by atoms with E-state index >= 15 is 0 Å². The third kappa shape index (κ3) is 14.5. The number of carboxylic acids is 3. The first-order valence-corrected chi connectivity index (χ1v) is 13.5. The van der Waals surface area contributed by atoms with Crippen molar-refractivity contribution in [3.63, 3.8) is 0 Å². The molecule has 0 fully saturated rings. The average Bonchev–Trinajstić information content (AvgIpc) is 2.79. The van der Waals surface area contributed by atoms with Crippen LogP contribution in [0.3, 0.4) is 0 Å². The van der Waals surface area contributed by atoms with Gasteiger partial charge in [0.1, 0.15) is 18.1 Å². The van der Waals surface area contributed by atoms with Crippen LogP contribution in [0.1, 0.15) is 38.5 Å². The summed E-state index contributed by atoms with van der Waals surface area (Å²) in [6.07, 6.45) is 2.37. The summed E-state index contributed by atoms with van der Waals surface area (Å²) in [4.78, 5) is 71.4. The van der Waals surface area contributed by atoms with E-state index in [1.807, 2.05) is 6.26 Å². The number of carbonyl (C=O) groups excluding carboxylic acids is 3. The smallest absolute Gasteiger partial charge is 0.326 e. The van der Waals surface area contributed by atoms with Crippen LogP contribution in [0, 0.1) is 0 Å². The highest BCUT2D eigenvalue weighted by molar-refractivity contribution is 7.98. The fourth-order valence-corrected chi connectivity index (χ4v) is 3.73. The van der Waals surface area contributed by atoms with Crippen molar-refractivity contribution in [1.82, 2.24) is 16.0 Å². The molecule has 0 heterocycles. The molecule has 0 radical (unpaired) electrons. The van der Waals surface area contributed by atoms with E-state index in [9.17, 15) is 33.9 Å². The van der Waals surface area contributed by atoms with Crippen LogP contribution in [0.5, 0.6) is 0 Å². The molecule has 4 atom stereocenters. The predicted molar refractivity (Wildman–Crippen MR) is 131 cm³/mol. The zero-order chi connectivity index (χ0) is 27.0. The van der Waals surface area contributed by atoms with Crippen molar-refractivity contribution in [3.8, 4) is 0 Å². The Morgan fingerprint density at radius 1 is 0.657 bits per heavy atom. The minimum Gasteiger partial charge on any atom is -0.481 e. The number of nitrogens with one attached hydrogen (secondary N) is 3. The maximum Gasteiger partial charge on any atom is 0.326 e. The van der Waals surface area contributed by atoms with Crippen molar-refractivity contribution < 1.29 is 44.1 Å². The second-order valence-corrected chi connectivity index (χ2v) is 9.53. The molecule has 8 N–H and O–H groups in total. The van der Waals surface area contributed by atoms with Crippen LogP contribution in [0.4, 0.5) is 0 Å². The molecule has 200 valence electrons. The van der Waals surface area contributed by atoms with Crippen LogP contribution in [0.2, 0.25) is 0 Å². The molecule has 0 rings (SSSR count). The van der Waals surface area contributed by atoms with E-state index in [0.29, 0.717) is 17.9 Å². The first-order chi connectivity index (χ1) is 16.4. The molecule has 0 bridgehead atoms. The van der Waals surface area contributed by atoms with Gasteiger partial charge in [-0.05, 0) is 49.7 Å². The molecule has 0 spiro atoms. The second-order valence-electron chi connectivity index (χ2n) is 7.56. The van der Waals surface area contributed by atoms with Gasteiger partial charge in [0.2, 0.25) is 17.7 Å². The highest BCUT2D eigenvalue weighted by Crippen LogP contribution is 2.07.